The first-order valence-corrected chi connectivity index (χ1v) is 21.0. The fraction of sp³-hybridized carbons (Fsp3) is 0.939. The molecule has 0 saturated carbocycles. The van der Waals surface area contributed by atoms with Crippen LogP contribution in [0.25, 0.3) is 0 Å². The summed E-state index contributed by atoms with van der Waals surface area (Å²) in [6, 6.07) is 0. The van der Waals surface area contributed by atoms with Gasteiger partial charge < -0.3 is 29.3 Å². The first kappa shape index (κ1) is 47.1. The van der Waals surface area contributed by atoms with Gasteiger partial charge in [0.1, 0.15) is 12.7 Å². The normalized spacial score (nSPS) is 15.2. The number of phosphoric acid groups is 2. The highest BCUT2D eigenvalue weighted by Gasteiger charge is 2.28. The number of carbonyl (C=O) groups is 2. The Kier molecular flexibility index (Phi) is 28.2. The maximum absolute atomic E-state index is 12.5. The van der Waals surface area contributed by atoms with Crippen molar-refractivity contribution in [3.8, 4) is 0 Å². The van der Waals surface area contributed by atoms with Gasteiger partial charge in [0.25, 0.3) is 0 Å². The zero-order valence-electron chi connectivity index (χ0n) is 29.9. The molecule has 0 radical (unpaired) electrons. The number of hydrogen-bond acceptors (Lipinski definition) is 10. The lowest BCUT2D eigenvalue weighted by atomic mass is 10.00. The van der Waals surface area contributed by atoms with E-state index in [0.717, 1.165) is 56.8 Å². The molecule has 0 spiro atoms. The van der Waals surface area contributed by atoms with Crippen molar-refractivity contribution in [3.63, 3.8) is 0 Å². The van der Waals surface area contributed by atoms with E-state index in [1.165, 1.54) is 51.4 Å². The van der Waals surface area contributed by atoms with Crippen molar-refractivity contribution in [1.82, 2.24) is 0 Å². The molecule has 15 heteroatoms. The quantitative estimate of drug-likeness (QED) is 0.0290. The Bertz CT molecular complexity index is 912. The minimum Gasteiger partial charge on any atom is -0.462 e. The zero-order valence-corrected chi connectivity index (χ0v) is 31.7. The van der Waals surface area contributed by atoms with Gasteiger partial charge in [-0.1, -0.05) is 124 Å². The topological polar surface area (TPSA) is 195 Å². The molecule has 0 aliphatic carbocycles. The van der Waals surface area contributed by atoms with Crippen molar-refractivity contribution in [3.05, 3.63) is 0 Å². The second-order valence-electron chi connectivity index (χ2n) is 13.2. The lowest BCUT2D eigenvalue weighted by Gasteiger charge is -2.20. The molecule has 4 N–H and O–H groups in total. The highest BCUT2D eigenvalue weighted by Crippen LogP contribution is 2.43. The van der Waals surface area contributed by atoms with Gasteiger partial charge in [-0.25, -0.2) is 9.13 Å². The molecule has 0 aromatic carbocycles. The number of aliphatic hydroxyl groups is 1. The predicted octanol–water partition coefficient (Wildman–Crippen LogP) is 7.77. The molecule has 0 fully saturated rings. The fourth-order valence-corrected chi connectivity index (χ4v) is 5.96. The van der Waals surface area contributed by atoms with Crippen molar-refractivity contribution < 1.29 is 61.6 Å². The molecule has 286 valence electrons. The van der Waals surface area contributed by atoms with Gasteiger partial charge in [0.15, 0.2) is 6.10 Å². The maximum Gasteiger partial charge on any atom is 0.472 e. The molecule has 0 bridgehead atoms. The minimum absolute atomic E-state index is 0.133. The number of aliphatic hydroxyl groups excluding tert-OH is 1. The van der Waals surface area contributed by atoms with E-state index < -0.39 is 59.6 Å². The summed E-state index contributed by atoms with van der Waals surface area (Å²) in [5, 5.41) is 9.68. The second kappa shape index (κ2) is 28.8. The summed E-state index contributed by atoms with van der Waals surface area (Å²) in [6.07, 6.45) is 15.8. The largest absolute Gasteiger partial charge is 0.472 e. The Labute approximate surface area is 289 Å². The Morgan fingerprint density at radius 3 is 1.58 bits per heavy atom. The van der Waals surface area contributed by atoms with Gasteiger partial charge in [-0.2, -0.15) is 0 Å². The monoisotopic (exact) mass is 732 g/mol. The van der Waals surface area contributed by atoms with Crippen molar-refractivity contribution in [1.29, 1.82) is 0 Å². The van der Waals surface area contributed by atoms with Gasteiger partial charge in [0, 0.05) is 12.8 Å². The molecule has 0 aromatic rings. The molecule has 0 amide bonds. The van der Waals surface area contributed by atoms with Gasteiger partial charge in [-0.3, -0.25) is 23.2 Å². The Morgan fingerprint density at radius 1 is 0.604 bits per heavy atom. The molecule has 13 nitrogen and oxygen atoms in total. The lowest BCUT2D eigenvalue weighted by Crippen LogP contribution is -2.30. The fourth-order valence-electron chi connectivity index (χ4n) is 4.80. The van der Waals surface area contributed by atoms with Crippen LogP contribution in [0.15, 0.2) is 0 Å². The molecule has 0 saturated heterocycles. The van der Waals surface area contributed by atoms with Crippen LogP contribution in [0.3, 0.4) is 0 Å². The van der Waals surface area contributed by atoms with Crippen LogP contribution in [0.4, 0.5) is 0 Å². The van der Waals surface area contributed by atoms with Crippen LogP contribution in [0.5, 0.6) is 0 Å². The molecule has 2 unspecified atom stereocenters. The van der Waals surface area contributed by atoms with E-state index in [-0.39, 0.29) is 19.4 Å². The van der Waals surface area contributed by atoms with Crippen molar-refractivity contribution in [2.45, 2.75) is 162 Å². The van der Waals surface area contributed by atoms with Gasteiger partial charge in [-0.15, -0.1) is 0 Å². The van der Waals surface area contributed by atoms with Crippen LogP contribution in [0.1, 0.15) is 150 Å². The van der Waals surface area contributed by atoms with E-state index in [1.807, 2.05) is 0 Å². The van der Waals surface area contributed by atoms with Gasteiger partial charge in [-0.05, 0) is 24.7 Å². The second-order valence-corrected chi connectivity index (χ2v) is 15.9. The van der Waals surface area contributed by atoms with Crippen LogP contribution >= 0.6 is 15.6 Å². The first-order valence-electron chi connectivity index (χ1n) is 18.0. The summed E-state index contributed by atoms with van der Waals surface area (Å²) >= 11 is 0. The van der Waals surface area contributed by atoms with E-state index in [0.29, 0.717) is 12.8 Å². The van der Waals surface area contributed by atoms with Crippen LogP contribution < -0.4 is 0 Å². The van der Waals surface area contributed by atoms with Crippen molar-refractivity contribution >= 4 is 27.6 Å². The number of phosphoric ester groups is 2. The molecule has 0 aliphatic rings. The SMILES string of the molecule is CCC(C)CCCCCCCCC(=O)O[C@H](COC(=O)CCCCCCCCCCC(C)C)COP(=O)(O)OC[C@@H](O)COP(=O)(O)O. The number of ether oxygens (including phenoxy) is 2. The highest BCUT2D eigenvalue weighted by atomic mass is 31.2. The number of esters is 2. The van der Waals surface area contributed by atoms with Crippen LogP contribution in [-0.2, 0) is 41.8 Å². The van der Waals surface area contributed by atoms with Crippen molar-refractivity contribution in [2.24, 2.45) is 11.8 Å². The zero-order chi connectivity index (χ0) is 36.3. The van der Waals surface area contributed by atoms with Gasteiger partial charge in [0.05, 0.1) is 19.8 Å². The minimum atomic E-state index is -4.85. The smallest absolute Gasteiger partial charge is 0.462 e. The predicted molar refractivity (Wildman–Crippen MR) is 184 cm³/mol. The highest BCUT2D eigenvalue weighted by molar-refractivity contribution is 7.47. The molecule has 0 heterocycles. The molecular weight excluding hydrogens is 666 g/mol. The van der Waals surface area contributed by atoms with Crippen LogP contribution in [0.2, 0.25) is 0 Å². The molecule has 0 rings (SSSR count). The summed E-state index contributed by atoms with van der Waals surface area (Å²) < 4.78 is 47.4. The third-order valence-electron chi connectivity index (χ3n) is 7.95. The number of hydrogen-bond donors (Lipinski definition) is 4. The summed E-state index contributed by atoms with van der Waals surface area (Å²) in [6.45, 7) is 6.25. The van der Waals surface area contributed by atoms with Gasteiger partial charge in [0.2, 0.25) is 0 Å². The van der Waals surface area contributed by atoms with E-state index in [4.69, 9.17) is 23.8 Å². The summed E-state index contributed by atoms with van der Waals surface area (Å²) in [5.74, 6) is 0.457. The van der Waals surface area contributed by atoms with E-state index in [2.05, 4.69) is 36.7 Å². The molecule has 48 heavy (non-hydrogen) atoms. The standard InChI is InChI=1S/C33H66O13P2/c1-5-29(4)21-17-13-10-11-15-19-23-33(36)46-31(27-45-48(40,41)44-25-30(34)24-43-47(37,38)39)26-42-32(35)22-18-14-9-7-6-8-12-16-20-28(2)3/h28-31,34H,5-27H2,1-4H3,(H,40,41)(H2,37,38,39)/t29?,30-,31+/m0/s1. The maximum atomic E-state index is 12.5. The Hall–Kier alpha value is -0.880. The van der Waals surface area contributed by atoms with Crippen molar-refractivity contribution in [2.75, 3.05) is 26.4 Å². The van der Waals surface area contributed by atoms with E-state index in [1.54, 1.807) is 0 Å². The van der Waals surface area contributed by atoms with Crippen LogP contribution in [-0.4, -0.2) is 70.4 Å². The number of carbonyl (C=O) groups excluding carboxylic acids is 2. The number of rotatable bonds is 33. The van der Waals surface area contributed by atoms with Gasteiger partial charge >= 0.3 is 27.6 Å². The summed E-state index contributed by atoms with van der Waals surface area (Å²) in [4.78, 5) is 52.3. The van der Waals surface area contributed by atoms with E-state index in [9.17, 15) is 28.7 Å². The average Bonchev–Trinajstić information content (AvgIpc) is 3.01. The van der Waals surface area contributed by atoms with Crippen LogP contribution in [0, 0.1) is 11.8 Å². The average molecular weight is 733 g/mol. The summed E-state index contributed by atoms with van der Waals surface area (Å²) in [7, 11) is -9.64. The third-order valence-corrected chi connectivity index (χ3v) is 9.39. The first-order chi connectivity index (χ1) is 22.6. The van der Waals surface area contributed by atoms with E-state index >= 15 is 0 Å². The number of unbranched alkanes of at least 4 members (excludes halogenated alkanes) is 12. The summed E-state index contributed by atoms with van der Waals surface area (Å²) in [5.41, 5.74) is 0. The molecule has 4 atom stereocenters. The molecular formula is C33H66O13P2. The third kappa shape index (κ3) is 32.3. The molecule has 0 aromatic heterocycles. The molecule has 0 aliphatic heterocycles. The Balaban J connectivity index is 4.63. The lowest BCUT2D eigenvalue weighted by molar-refractivity contribution is -0.161. The Morgan fingerprint density at radius 2 is 1.06 bits per heavy atom.